The number of carboxylic acids is 1. The molecule has 0 bridgehead atoms. The molecule has 0 aliphatic carbocycles. The summed E-state index contributed by atoms with van der Waals surface area (Å²) in [5.41, 5.74) is 1.09. The first-order valence-corrected chi connectivity index (χ1v) is 9.90. The van der Waals surface area contributed by atoms with E-state index < -0.39 is 16.0 Å². The highest BCUT2D eigenvalue weighted by molar-refractivity contribution is 7.92. The van der Waals surface area contributed by atoms with E-state index in [0.717, 1.165) is 12.0 Å². The average molecular weight is 377 g/mol. The molecule has 0 saturated heterocycles. The van der Waals surface area contributed by atoms with Gasteiger partial charge >= 0.3 is 5.97 Å². The maximum Gasteiger partial charge on any atom is 0.337 e. The second-order valence-corrected chi connectivity index (χ2v) is 7.36. The van der Waals surface area contributed by atoms with E-state index in [1.807, 2.05) is 25.7 Å². The lowest BCUT2D eigenvalue weighted by atomic mass is 10.2. The van der Waals surface area contributed by atoms with Crippen molar-refractivity contribution in [2.24, 2.45) is 0 Å². The van der Waals surface area contributed by atoms with Gasteiger partial charge in [-0.1, -0.05) is 19.1 Å². The Hall–Kier alpha value is -2.61. The number of aromatic carboxylic acids is 1. The summed E-state index contributed by atoms with van der Waals surface area (Å²) in [6.07, 6.45) is 2.04. The van der Waals surface area contributed by atoms with Gasteiger partial charge in [0, 0.05) is 19.3 Å². The monoisotopic (exact) mass is 377 g/mol. The molecule has 26 heavy (non-hydrogen) atoms. The van der Waals surface area contributed by atoms with Gasteiger partial charge in [0.05, 0.1) is 16.1 Å². The van der Waals surface area contributed by atoms with Gasteiger partial charge in [0.1, 0.15) is 0 Å². The molecule has 2 rings (SSSR count). The van der Waals surface area contributed by atoms with Crippen LogP contribution < -0.4 is 9.62 Å². The van der Waals surface area contributed by atoms with Gasteiger partial charge in [0.25, 0.3) is 10.0 Å². The summed E-state index contributed by atoms with van der Waals surface area (Å²) >= 11 is 0. The fraction of sp³-hybridized carbons (Fsp3) is 0.333. The Morgan fingerprint density at radius 2 is 1.77 bits per heavy atom. The molecule has 1 heterocycles. The number of benzene rings is 1. The Bertz CT molecular complexity index is 876. The predicted octanol–water partition coefficient (Wildman–Crippen LogP) is 2.99. The molecule has 0 atom stereocenters. The van der Waals surface area contributed by atoms with Gasteiger partial charge in [-0.05, 0) is 44.0 Å². The molecule has 0 spiro atoms. The second kappa shape index (κ2) is 8.18. The van der Waals surface area contributed by atoms with Crippen molar-refractivity contribution in [1.29, 1.82) is 0 Å². The number of nitrogens with zero attached hydrogens (tertiary/aromatic N) is 2. The summed E-state index contributed by atoms with van der Waals surface area (Å²) in [6.45, 7) is 7.03. The Balaban J connectivity index is 2.47. The first kappa shape index (κ1) is 19.7. The topological polar surface area (TPSA) is 99.6 Å². The summed E-state index contributed by atoms with van der Waals surface area (Å²) in [5.74, 6) is -0.773. The normalized spacial score (nSPS) is 11.2. The van der Waals surface area contributed by atoms with Gasteiger partial charge in [-0.25, -0.2) is 18.2 Å². The standard InChI is InChI=1S/C18H23N3O4S/c1-4-13-7-9-15(10-8-13)26(24,25)20-16-11-14(18(22)23)12-19-17(16)21(5-2)6-3/h7-12,20H,4-6H2,1-3H3,(H,22,23). The van der Waals surface area contributed by atoms with Crippen LogP contribution in [0.3, 0.4) is 0 Å². The van der Waals surface area contributed by atoms with Crippen molar-refractivity contribution in [3.8, 4) is 0 Å². The molecule has 0 radical (unpaired) electrons. The Labute approximate surface area is 153 Å². The molecule has 0 amide bonds. The van der Waals surface area contributed by atoms with Gasteiger partial charge in [-0.15, -0.1) is 0 Å². The van der Waals surface area contributed by atoms with Crippen molar-refractivity contribution in [3.63, 3.8) is 0 Å². The van der Waals surface area contributed by atoms with Crippen LogP contribution >= 0.6 is 0 Å². The van der Waals surface area contributed by atoms with Crippen LogP contribution in [0, 0.1) is 0 Å². The summed E-state index contributed by atoms with van der Waals surface area (Å²) in [6, 6.07) is 7.87. The number of aromatic nitrogens is 1. The molecule has 1 aromatic carbocycles. The van der Waals surface area contributed by atoms with E-state index in [4.69, 9.17) is 0 Å². The molecule has 0 fully saturated rings. The molecular weight excluding hydrogens is 354 g/mol. The van der Waals surface area contributed by atoms with Gasteiger partial charge in [-0.2, -0.15) is 0 Å². The van der Waals surface area contributed by atoms with Crippen molar-refractivity contribution in [2.45, 2.75) is 32.1 Å². The second-order valence-electron chi connectivity index (χ2n) is 5.68. The number of anilines is 2. The van der Waals surface area contributed by atoms with E-state index in [-0.39, 0.29) is 16.1 Å². The van der Waals surface area contributed by atoms with E-state index >= 15 is 0 Å². The van der Waals surface area contributed by atoms with Crippen LogP contribution in [0.2, 0.25) is 0 Å². The lowest BCUT2D eigenvalue weighted by Crippen LogP contribution is -2.25. The van der Waals surface area contributed by atoms with Crippen molar-refractivity contribution in [3.05, 3.63) is 47.7 Å². The highest BCUT2D eigenvalue weighted by atomic mass is 32.2. The molecule has 140 valence electrons. The molecule has 0 saturated carbocycles. The zero-order valence-corrected chi connectivity index (χ0v) is 15.9. The lowest BCUT2D eigenvalue weighted by molar-refractivity contribution is 0.0696. The Morgan fingerprint density at radius 3 is 2.27 bits per heavy atom. The molecule has 0 aliphatic heterocycles. The minimum atomic E-state index is -3.86. The fourth-order valence-electron chi connectivity index (χ4n) is 2.53. The maximum atomic E-state index is 12.7. The summed E-state index contributed by atoms with van der Waals surface area (Å²) in [5, 5.41) is 9.20. The SMILES string of the molecule is CCc1ccc(S(=O)(=O)Nc2cc(C(=O)O)cnc2N(CC)CC)cc1. The third kappa shape index (κ3) is 4.32. The number of aryl methyl sites for hydroxylation is 1. The number of hydrogen-bond acceptors (Lipinski definition) is 5. The predicted molar refractivity (Wildman–Crippen MR) is 101 cm³/mol. The first-order valence-electron chi connectivity index (χ1n) is 8.42. The Kier molecular flexibility index (Phi) is 6.20. The number of carbonyl (C=O) groups is 1. The maximum absolute atomic E-state index is 12.7. The van der Waals surface area contributed by atoms with E-state index in [9.17, 15) is 18.3 Å². The van der Waals surface area contributed by atoms with Crippen LogP contribution in [-0.2, 0) is 16.4 Å². The van der Waals surface area contributed by atoms with Crippen molar-refractivity contribution >= 4 is 27.5 Å². The van der Waals surface area contributed by atoms with Gasteiger partial charge in [0.2, 0.25) is 0 Å². The van der Waals surface area contributed by atoms with Gasteiger partial charge in [0.15, 0.2) is 5.82 Å². The van der Waals surface area contributed by atoms with Crippen LogP contribution in [0.15, 0.2) is 41.4 Å². The molecular formula is C18H23N3O4S. The smallest absolute Gasteiger partial charge is 0.337 e. The summed E-state index contributed by atoms with van der Waals surface area (Å²) < 4.78 is 27.9. The molecule has 1 aromatic heterocycles. The van der Waals surface area contributed by atoms with E-state index in [2.05, 4.69) is 9.71 Å². The summed E-state index contributed by atoms with van der Waals surface area (Å²) in [7, 11) is -3.86. The zero-order chi connectivity index (χ0) is 19.3. The van der Waals surface area contributed by atoms with Crippen LogP contribution in [0.5, 0.6) is 0 Å². The van der Waals surface area contributed by atoms with Crippen LogP contribution in [0.25, 0.3) is 0 Å². The van der Waals surface area contributed by atoms with Crippen molar-refractivity contribution in [2.75, 3.05) is 22.7 Å². The lowest BCUT2D eigenvalue weighted by Gasteiger charge is -2.23. The van der Waals surface area contributed by atoms with Crippen LogP contribution in [0.1, 0.15) is 36.7 Å². The van der Waals surface area contributed by atoms with Crippen LogP contribution in [-0.4, -0.2) is 37.6 Å². The number of hydrogen-bond donors (Lipinski definition) is 2. The van der Waals surface area contributed by atoms with E-state index in [1.54, 1.807) is 12.1 Å². The van der Waals surface area contributed by atoms with Gasteiger partial charge < -0.3 is 10.0 Å². The number of nitrogens with one attached hydrogen (secondary N) is 1. The molecule has 2 N–H and O–H groups in total. The minimum absolute atomic E-state index is 0.0834. The molecule has 0 unspecified atom stereocenters. The number of sulfonamides is 1. The molecule has 7 nitrogen and oxygen atoms in total. The third-order valence-electron chi connectivity index (χ3n) is 4.06. The van der Waals surface area contributed by atoms with Crippen LogP contribution in [0.4, 0.5) is 11.5 Å². The fourth-order valence-corrected chi connectivity index (χ4v) is 3.58. The Morgan fingerprint density at radius 1 is 1.15 bits per heavy atom. The number of carboxylic acid groups (broad SMARTS) is 1. The van der Waals surface area contributed by atoms with E-state index in [0.29, 0.717) is 18.9 Å². The molecule has 8 heteroatoms. The molecule has 0 aliphatic rings. The summed E-state index contributed by atoms with van der Waals surface area (Å²) in [4.78, 5) is 17.4. The minimum Gasteiger partial charge on any atom is -0.478 e. The van der Waals surface area contributed by atoms with Crippen molar-refractivity contribution in [1.82, 2.24) is 4.98 Å². The third-order valence-corrected chi connectivity index (χ3v) is 5.44. The first-order chi connectivity index (χ1) is 12.3. The van der Waals surface area contributed by atoms with Gasteiger partial charge in [-0.3, -0.25) is 4.72 Å². The average Bonchev–Trinajstić information content (AvgIpc) is 2.63. The quantitative estimate of drug-likeness (QED) is 0.734. The number of pyridine rings is 1. The highest BCUT2D eigenvalue weighted by Gasteiger charge is 2.20. The van der Waals surface area contributed by atoms with Crippen molar-refractivity contribution < 1.29 is 18.3 Å². The number of rotatable bonds is 8. The van der Waals surface area contributed by atoms with E-state index in [1.165, 1.54) is 24.4 Å². The highest BCUT2D eigenvalue weighted by Crippen LogP contribution is 2.27. The largest absolute Gasteiger partial charge is 0.478 e. The zero-order valence-electron chi connectivity index (χ0n) is 15.1. The molecule has 2 aromatic rings.